The summed E-state index contributed by atoms with van der Waals surface area (Å²) in [6.07, 6.45) is 0.952. The normalized spacial score (nSPS) is 12.2. The number of benzene rings is 2. The number of ether oxygens (including phenoxy) is 1. The van der Waals surface area contributed by atoms with Crippen molar-refractivity contribution in [3.8, 4) is 5.75 Å². The second-order valence-electron chi connectivity index (χ2n) is 4.42. The minimum absolute atomic E-state index is 0.288. The Morgan fingerprint density at radius 1 is 1.05 bits per heavy atom. The lowest BCUT2D eigenvalue weighted by Gasteiger charge is -2.13. The summed E-state index contributed by atoms with van der Waals surface area (Å²) in [6.45, 7) is 2.66. The number of hydrogen-bond acceptors (Lipinski definition) is 1. The lowest BCUT2D eigenvalue weighted by atomic mass is 10.0. The predicted molar refractivity (Wildman–Crippen MR) is 94.8 cm³/mol. The molecule has 0 N–H and O–H groups in total. The summed E-state index contributed by atoms with van der Waals surface area (Å²) >= 11 is 10.8. The molecule has 0 aliphatic carbocycles. The smallest absolute Gasteiger partial charge is 0.133 e. The van der Waals surface area contributed by atoms with Crippen molar-refractivity contribution in [1.29, 1.82) is 0 Å². The molecule has 0 aliphatic rings. The number of alkyl halides is 1. The molecular formula is C16H15Br3O. The van der Waals surface area contributed by atoms with E-state index in [1.165, 1.54) is 11.1 Å². The molecule has 0 radical (unpaired) electrons. The van der Waals surface area contributed by atoms with Gasteiger partial charge in [-0.3, -0.25) is 0 Å². The van der Waals surface area contributed by atoms with Crippen molar-refractivity contribution in [2.24, 2.45) is 0 Å². The van der Waals surface area contributed by atoms with Crippen LogP contribution < -0.4 is 4.74 Å². The summed E-state index contributed by atoms with van der Waals surface area (Å²) in [5.74, 6) is 0.889. The first-order valence-corrected chi connectivity index (χ1v) is 8.91. The molecule has 1 nitrogen and oxygen atoms in total. The zero-order valence-electron chi connectivity index (χ0n) is 11.1. The molecule has 0 saturated heterocycles. The van der Waals surface area contributed by atoms with Crippen molar-refractivity contribution in [1.82, 2.24) is 0 Å². The highest BCUT2D eigenvalue weighted by molar-refractivity contribution is 9.11. The van der Waals surface area contributed by atoms with E-state index in [4.69, 9.17) is 4.74 Å². The van der Waals surface area contributed by atoms with Gasteiger partial charge in [-0.05, 0) is 64.7 Å². The molecule has 2 aromatic carbocycles. The van der Waals surface area contributed by atoms with Crippen LogP contribution in [0.2, 0.25) is 0 Å². The Hall–Kier alpha value is -0.320. The maximum Gasteiger partial charge on any atom is 0.133 e. The number of rotatable bonds is 5. The maximum absolute atomic E-state index is 5.54. The lowest BCUT2D eigenvalue weighted by Crippen LogP contribution is -1.97. The molecule has 0 amide bonds. The fourth-order valence-electron chi connectivity index (χ4n) is 1.93. The Bertz CT molecular complexity index is 566. The van der Waals surface area contributed by atoms with Crippen molar-refractivity contribution in [2.45, 2.75) is 18.2 Å². The Kier molecular flexibility index (Phi) is 6.12. The fraction of sp³-hybridized carbons (Fsp3) is 0.250. The molecule has 20 heavy (non-hydrogen) atoms. The predicted octanol–water partition coefficient (Wildman–Crippen LogP) is 6.29. The first kappa shape index (κ1) is 16.1. The maximum atomic E-state index is 5.54. The molecule has 2 aromatic rings. The molecule has 0 spiro atoms. The van der Waals surface area contributed by atoms with Gasteiger partial charge in [0.1, 0.15) is 5.75 Å². The monoisotopic (exact) mass is 460 g/mol. The van der Waals surface area contributed by atoms with E-state index in [9.17, 15) is 0 Å². The molecule has 0 aromatic heterocycles. The molecule has 0 heterocycles. The molecule has 4 heteroatoms. The van der Waals surface area contributed by atoms with Gasteiger partial charge in [-0.15, -0.1) is 0 Å². The minimum atomic E-state index is 0.288. The first-order chi connectivity index (χ1) is 9.60. The summed E-state index contributed by atoms with van der Waals surface area (Å²) in [7, 11) is 0. The highest BCUT2D eigenvalue weighted by Gasteiger charge is 2.11. The summed E-state index contributed by atoms with van der Waals surface area (Å²) in [5.41, 5.74) is 2.54. The average molecular weight is 463 g/mol. The van der Waals surface area contributed by atoms with Gasteiger partial charge in [0.25, 0.3) is 0 Å². The molecular weight excluding hydrogens is 448 g/mol. The van der Waals surface area contributed by atoms with Gasteiger partial charge in [-0.2, -0.15) is 0 Å². The highest BCUT2D eigenvalue weighted by Crippen LogP contribution is 2.33. The summed E-state index contributed by atoms with van der Waals surface area (Å²) in [5, 5.41) is 0. The van der Waals surface area contributed by atoms with E-state index < -0.39 is 0 Å². The van der Waals surface area contributed by atoms with Crippen molar-refractivity contribution in [3.63, 3.8) is 0 Å². The van der Waals surface area contributed by atoms with E-state index in [1.54, 1.807) is 0 Å². The Balaban J connectivity index is 2.10. The quantitative estimate of drug-likeness (QED) is 0.474. The second kappa shape index (κ2) is 7.62. The third-order valence-electron chi connectivity index (χ3n) is 2.95. The summed E-state index contributed by atoms with van der Waals surface area (Å²) in [6, 6.07) is 14.7. The number of halogens is 3. The van der Waals surface area contributed by atoms with Crippen LogP contribution in [0.3, 0.4) is 0 Å². The van der Waals surface area contributed by atoms with Gasteiger partial charge in [0.15, 0.2) is 0 Å². The van der Waals surface area contributed by atoms with Crippen molar-refractivity contribution < 1.29 is 4.74 Å². The average Bonchev–Trinajstić information content (AvgIpc) is 2.44. The van der Waals surface area contributed by atoms with Gasteiger partial charge in [0, 0.05) is 9.30 Å². The van der Waals surface area contributed by atoms with Crippen LogP contribution in [0.25, 0.3) is 0 Å². The molecule has 106 valence electrons. The zero-order valence-corrected chi connectivity index (χ0v) is 15.8. The molecule has 0 aliphatic heterocycles. The minimum Gasteiger partial charge on any atom is -0.493 e. The van der Waals surface area contributed by atoms with Crippen molar-refractivity contribution in [2.75, 3.05) is 6.61 Å². The van der Waals surface area contributed by atoms with Crippen LogP contribution >= 0.6 is 47.8 Å². The van der Waals surface area contributed by atoms with Gasteiger partial charge >= 0.3 is 0 Å². The SMILES string of the molecule is CCOc1ccc(C(Br)Cc2ccc(Br)cc2)cc1Br. The van der Waals surface area contributed by atoms with Crippen LogP contribution in [-0.2, 0) is 6.42 Å². The largest absolute Gasteiger partial charge is 0.493 e. The van der Waals surface area contributed by atoms with Gasteiger partial charge in [0.05, 0.1) is 11.1 Å². The molecule has 0 fully saturated rings. The molecule has 0 saturated carbocycles. The van der Waals surface area contributed by atoms with Gasteiger partial charge < -0.3 is 4.74 Å². The highest BCUT2D eigenvalue weighted by atomic mass is 79.9. The van der Waals surface area contributed by atoms with E-state index in [0.717, 1.165) is 21.1 Å². The van der Waals surface area contributed by atoms with Gasteiger partial charge in [0.2, 0.25) is 0 Å². The number of hydrogen-bond donors (Lipinski definition) is 0. The fourth-order valence-corrected chi connectivity index (χ4v) is 3.36. The van der Waals surface area contributed by atoms with Crippen LogP contribution in [0.4, 0.5) is 0 Å². The third kappa shape index (κ3) is 4.34. The topological polar surface area (TPSA) is 9.23 Å². The van der Waals surface area contributed by atoms with E-state index >= 15 is 0 Å². The Morgan fingerprint density at radius 3 is 2.35 bits per heavy atom. The van der Waals surface area contributed by atoms with Gasteiger partial charge in [-0.25, -0.2) is 0 Å². The van der Waals surface area contributed by atoms with E-state index in [0.29, 0.717) is 6.61 Å². The Morgan fingerprint density at radius 2 is 1.75 bits per heavy atom. The Labute approximate surface area is 145 Å². The zero-order chi connectivity index (χ0) is 14.5. The van der Waals surface area contributed by atoms with E-state index in [1.807, 2.05) is 13.0 Å². The van der Waals surface area contributed by atoms with Crippen LogP contribution in [0, 0.1) is 0 Å². The summed E-state index contributed by atoms with van der Waals surface area (Å²) in [4.78, 5) is 0.288. The van der Waals surface area contributed by atoms with E-state index in [-0.39, 0.29) is 4.83 Å². The molecule has 0 bridgehead atoms. The van der Waals surface area contributed by atoms with Crippen LogP contribution in [-0.4, -0.2) is 6.61 Å². The second-order valence-corrected chi connectivity index (χ2v) is 7.30. The first-order valence-electron chi connectivity index (χ1n) is 6.41. The van der Waals surface area contributed by atoms with Gasteiger partial charge in [-0.1, -0.05) is 50.1 Å². The van der Waals surface area contributed by atoms with Crippen molar-refractivity contribution >= 4 is 47.8 Å². The third-order valence-corrected chi connectivity index (χ3v) is 4.95. The standard InChI is InChI=1S/C16H15Br3O/c1-2-20-16-8-5-12(10-15(16)19)14(18)9-11-3-6-13(17)7-4-11/h3-8,10,14H,2,9H2,1H3. The van der Waals surface area contributed by atoms with Crippen LogP contribution in [0.5, 0.6) is 5.75 Å². The van der Waals surface area contributed by atoms with Crippen LogP contribution in [0.1, 0.15) is 22.9 Å². The van der Waals surface area contributed by atoms with Crippen LogP contribution in [0.15, 0.2) is 51.4 Å². The lowest BCUT2D eigenvalue weighted by molar-refractivity contribution is 0.338. The molecule has 2 rings (SSSR count). The molecule has 1 unspecified atom stereocenters. The molecule has 1 atom stereocenters. The summed E-state index contributed by atoms with van der Waals surface area (Å²) < 4.78 is 7.64. The van der Waals surface area contributed by atoms with Crippen molar-refractivity contribution in [3.05, 3.63) is 62.5 Å². The van der Waals surface area contributed by atoms with E-state index in [2.05, 4.69) is 84.2 Å².